The molecule has 1 aromatic carbocycles. The predicted molar refractivity (Wildman–Crippen MR) is 76.5 cm³/mol. The molecule has 114 valence electrons. The summed E-state index contributed by atoms with van der Waals surface area (Å²) in [4.78, 5) is 16.0. The zero-order chi connectivity index (χ0) is 14.8. The topological polar surface area (TPSA) is 58.8 Å². The monoisotopic (exact) mass is 293 g/mol. The van der Waals surface area contributed by atoms with Crippen molar-refractivity contribution in [2.45, 2.75) is 12.0 Å². The Labute approximate surface area is 123 Å². The maximum atomic E-state index is 13.9. The molecule has 0 aromatic heterocycles. The lowest BCUT2D eigenvalue weighted by atomic mass is 9.94. The van der Waals surface area contributed by atoms with Gasteiger partial charge in [0.25, 0.3) is 0 Å². The van der Waals surface area contributed by atoms with Gasteiger partial charge in [0, 0.05) is 38.1 Å². The van der Waals surface area contributed by atoms with Gasteiger partial charge < -0.3 is 20.3 Å². The van der Waals surface area contributed by atoms with Gasteiger partial charge in [0.15, 0.2) is 0 Å². The van der Waals surface area contributed by atoms with Crippen molar-refractivity contribution in [3.63, 3.8) is 0 Å². The summed E-state index contributed by atoms with van der Waals surface area (Å²) < 4.78 is 19.2. The summed E-state index contributed by atoms with van der Waals surface area (Å²) in [5.74, 6) is -0.394. The van der Waals surface area contributed by atoms with E-state index >= 15 is 0 Å². The van der Waals surface area contributed by atoms with Crippen molar-refractivity contribution in [2.75, 3.05) is 39.4 Å². The second-order valence-corrected chi connectivity index (χ2v) is 5.58. The second-order valence-electron chi connectivity index (χ2n) is 5.58. The van der Waals surface area contributed by atoms with Crippen LogP contribution in [0.2, 0.25) is 0 Å². The molecular weight excluding hydrogens is 273 g/mol. The fourth-order valence-electron chi connectivity index (χ4n) is 3.04. The van der Waals surface area contributed by atoms with Crippen molar-refractivity contribution in [2.24, 2.45) is 5.73 Å². The molecule has 5 nitrogen and oxygen atoms in total. The average Bonchev–Trinajstić information content (AvgIpc) is 2.90. The van der Waals surface area contributed by atoms with Crippen LogP contribution in [0.15, 0.2) is 24.3 Å². The quantitative estimate of drug-likeness (QED) is 0.840. The first-order chi connectivity index (χ1) is 10.2. The largest absolute Gasteiger partial charge is 0.378 e. The van der Waals surface area contributed by atoms with Crippen LogP contribution >= 0.6 is 0 Å². The van der Waals surface area contributed by atoms with E-state index in [1.807, 2.05) is 0 Å². The number of urea groups is 1. The molecular formula is C15H20FN3O2. The van der Waals surface area contributed by atoms with Crippen LogP contribution in [0.5, 0.6) is 0 Å². The molecule has 2 aliphatic rings. The van der Waals surface area contributed by atoms with Crippen LogP contribution in [-0.4, -0.2) is 61.3 Å². The Morgan fingerprint density at radius 2 is 1.90 bits per heavy atom. The van der Waals surface area contributed by atoms with Crippen LogP contribution < -0.4 is 5.73 Å². The number of amides is 2. The van der Waals surface area contributed by atoms with Gasteiger partial charge in [-0.05, 0) is 11.6 Å². The fraction of sp³-hybridized carbons (Fsp3) is 0.533. The summed E-state index contributed by atoms with van der Waals surface area (Å²) in [5.41, 5.74) is 6.73. The van der Waals surface area contributed by atoms with E-state index in [0.717, 1.165) is 0 Å². The third-order valence-corrected chi connectivity index (χ3v) is 4.22. The predicted octanol–water partition coefficient (Wildman–Crippen LogP) is 1.00. The normalized spacial score (nSPS) is 26.2. The highest BCUT2D eigenvalue weighted by atomic mass is 19.1. The first-order valence-corrected chi connectivity index (χ1v) is 7.28. The van der Waals surface area contributed by atoms with Gasteiger partial charge in [-0.1, -0.05) is 18.2 Å². The maximum absolute atomic E-state index is 13.9. The molecule has 2 atom stereocenters. The van der Waals surface area contributed by atoms with Crippen molar-refractivity contribution < 1.29 is 13.9 Å². The molecule has 0 unspecified atom stereocenters. The van der Waals surface area contributed by atoms with Crippen molar-refractivity contribution in [1.29, 1.82) is 0 Å². The minimum absolute atomic E-state index is 0.0208. The molecule has 3 rings (SSSR count). The number of hydrogen-bond donors (Lipinski definition) is 1. The Morgan fingerprint density at radius 1 is 1.19 bits per heavy atom. The first-order valence-electron chi connectivity index (χ1n) is 7.28. The molecule has 0 radical (unpaired) electrons. The number of rotatable bonds is 1. The van der Waals surface area contributed by atoms with E-state index in [9.17, 15) is 9.18 Å². The van der Waals surface area contributed by atoms with Gasteiger partial charge in [-0.2, -0.15) is 0 Å². The number of carbonyl (C=O) groups is 1. The zero-order valence-corrected chi connectivity index (χ0v) is 11.9. The molecule has 2 amide bonds. The minimum atomic E-state index is -0.251. The summed E-state index contributed by atoms with van der Waals surface area (Å²) in [6.45, 7) is 3.29. The van der Waals surface area contributed by atoms with Crippen LogP contribution in [0, 0.1) is 5.82 Å². The third kappa shape index (κ3) is 2.87. The number of halogens is 1. The summed E-state index contributed by atoms with van der Waals surface area (Å²) in [7, 11) is 0. The smallest absolute Gasteiger partial charge is 0.320 e. The molecule has 0 spiro atoms. The lowest BCUT2D eigenvalue weighted by Crippen LogP contribution is -2.47. The number of morpholine rings is 1. The van der Waals surface area contributed by atoms with Gasteiger partial charge in [0.2, 0.25) is 0 Å². The number of nitrogens with zero attached hydrogens (tertiary/aromatic N) is 2. The Morgan fingerprint density at radius 3 is 2.62 bits per heavy atom. The first kappa shape index (κ1) is 14.3. The molecule has 2 saturated heterocycles. The Hall–Kier alpha value is -1.66. The van der Waals surface area contributed by atoms with Crippen LogP contribution in [-0.2, 0) is 4.74 Å². The molecule has 2 heterocycles. The zero-order valence-electron chi connectivity index (χ0n) is 11.9. The van der Waals surface area contributed by atoms with E-state index in [1.54, 1.807) is 28.0 Å². The highest BCUT2D eigenvalue weighted by molar-refractivity contribution is 5.75. The van der Waals surface area contributed by atoms with Crippen LogP contribution in [0.25, 0.3) is 0 Å². The average molecular weight is 293 g/mol. The lowest BCUT2D eigenvalue weighted by molar-refractivity contribution is 0.0450. The molecule has 2 aliphatic heterocycles. The van der Waals surface area contributed by atoms with Crippen molar-refractivity contribution in [1.82, 2.24) is 9.80 Å². The highest BCUT2D eigenvalue weighted by Crippen LogP contribution is 2.29. The molecule has 2 fully saturated rings. The van der Waals surface area contributed by atoms with Crippen LogP contribution in [0.3, 0.4) is 0 Å². The standard InChI is InChI=1S/C15H20FN3O2/c16-13-4-2-1-3-11(13)12-9-19(10-14(12)17)15(20)18-5-7-21-8-6-18/h1-4,12,14H,5-10,17H2/t12-,14+/m0/s1. The van der Waals surface area contributed by atoms with E-state index < -0.39 is 0 Å². The van der Waals surface area contributed by atoms with Gasteiger partial charge in [-0.3, -0.25) is 0 Å². The Bertz CT molecular complexity index is 519. The maximum Gasteiger partial charge on any atom is 0.320 e. The molecule has 0 aliphatic carbocycles. The van der Waals surface area contributed by atoms with Gasteiger partial charge in [-0.15, -0.1) is 0 Å². The van der Waals surface area contributed by atoms with E-state index in [2.05, 4.69) is 0 Å². The Balaban J connectivity index is 1.71. The molecule has 0 saturated carbocycles. The molecule has 21 heavy (non-hydrogen) atoms. The van der Waals surface area contributed by atoms with E-state index in [4.69, 9.17) is 10.5 Å². The number of hydrogen-bond acceptors (Lipinski definition) is 3. The molecule has 1 aromatic rings. The number of benzene rings is 1. The van der Waals surface area contributed by atoms with E-state index in [1.165, 1.54) is 6.07 Å². The second kappa shape index (κ2) is 5.99. The number of carbonyl (C=O) groups excluding carboxylic acids is 1. The van der Waals surface area contributed by atoms with Gasteiger partial charge in [0.1, 0.15) is 5.82 Å². The van der Waals surface area contributed by atoms with Gasteiger partial charge in [-0.25, -0.2) is 9.18 Å². The van der Waals surface area contributed by atoms with E-state index in [-0.39, 0.29) is 23.8 Å². The summed E-state index contributed by atoms with van der Waals surface area (Å²) >= 11 is 0. The summed E-state index contributed by atoms with van der Waals surface area (Å²) in [6, 6.07) is 6.41. The Kier molecular flexibility index (Phi) is 4.07. The highest BCUT2D eigenvalue weighted by Gasteiger charge is 2.37. The minimum Gasteiger partial charge on any atom is -0.378 e. The van der Waals surface area contributed by atoms with E-state index in [0.29, 0.717) is 45.0 Å². The summed E-state index contributed by atoms with van der Waals surface area (Å²) in [5, 5.41) is 0. The third-order valence-electron chi connectivity index (χ3n) is 4.22. The lowest BCUT2D eigenvalue weighted by Gasteiger charge is -2.31. The van der Waals surface area contributed by atoms with Crippen LogP contribution in [0.4, 0.5) is 9.18 Å². The number of ether oxygens (including phenoxy) is 1. The molecule has 0 bridgehead atoms. The van der Waals surface area contributed by atoms with Crippen molar-refractivity contribution >= 4 is 6.03 Å². The number of likely N-dealkylation sites (tertiary alicyclic amines) is 1. The molecule has 2 N–H and O–H groups in total. The fourth-order valence-corrected chi connectivity index (χ4v) is 3.04. The summed E-state index contributed by atoms with van der Waals surface area (Å²) in [6.07, 6.45) is 0. The van der Waals surface area contributed by atoms with Gasteiger partial charge in [0.05, 0.1) is 13.2 Å². The van der Waals surface area contributed by atoms with Crippen molar-refractivity contribution in [3.05, 3.63) is 35.6 Å². The van der Waals surface area contributed by atoms with Gasteiger partial charge >= 0.3 is 6.03 Å². The SMILES string of the molecule is N[C@@H]1CN(C(=O)N2CCOCC2)C[C@H]1c1ccccc1F. The molecule has 6 heteroatoms. The van der Waals surface area contributed by atoms with Crippen molar-refractivity contribution in [3.8, 4) is 0 Å². The number of nitrogens with two attached hydrogens (primary N) is 1. The van der Waals surface area contributed by atoms with Crippen LogP contribution in [0.1, 0.15) is 11.5 Å².